The molecular weight excluding hydrogens is 450 g/mol. The summed E-state index contributed by atoms with van der Waals surface area (Å²) in [5, 5.41) is 2.76. The number of methoxy groups -OCH3 is 3. The molecule has 35 heavy (non-hydrogen) atoms. The Morgan fingerprint density at radius 2 is 1.66 bits per heavy atom. The van der Waals surface area contributed by atoms with Crippen molar-refractivity contribution < 1.29 is 33.0 Å². The van der Waals surface area contributed by atoms with E-state index in [1.54, 1.807) is 18.2 Å². The molecule has 3 aromatic rings. The molecule has 2 aromatic carbocycles. The lowest BCUT2D eigenvalue weighted by Gasteiger charge is -2.32. The van der Waals surface area contributed by atoms with Gasteiger partial charge in [0.05, 0.1) is 21.3 Å². The molecule has 4 rings (SSSR count). The first-order valence-electron chi connectivity index (χ1n) is 11.2. The van der Waals surface area contributed by atoms with E-state index < -0.39 is 5.91 Å². The maximum atomic E-state index is 12.9. The molecule has 0 atom stereocenters. The van der Waals surface area contributed by atoms with Gasteiger partial charge in [-0.1, -0.05) is 13.8 Å². The van der Waals surface area contributed by atoms with Crippen LogP contribution < -0.4 is 24.3 Å². The number of hydrogen-bond acceptors (Lipinski definition) is 7. The predicted octanol–water partition coefficient (Wildman–Crippen LogP) is 5.91. The second-order valence-electron chi connectivity index (χ2n) is 9.05. The Bertz CT molecular complexity index is 1260. The smallest absolute Gasteiger partial charge is 0.291 e. The highest BCUT2D eigenvalue weighted by molar-refractivity contribution is 6.04. The SMILES string of the molecule is COc1cc(OC)c(NC(=O)c2ccc(Oc3cc4c(cc3C)C(=O)CCC4(C)C)o2)c(OC)c1. The van der Waals surface area contributed by atoms with E-state index in [0.717, 1.165) is 23.1 Å². The first kappa shape index (κ1) is 24.2. The monoisotopic (exact) mass is 479 g/mol. The number of Topliss-reactive ketones (excluding diaryl/α,β-unsaturated/α-hetero) is 1. The van der Waals surface area contributed by atoms with Crippen LogP contribution in [-0.4, -0.2) is 33.0 Å². The lowest BCUT2D eigenvalue weighted by molar-refractivity contribution is 0.0954. The first-order chi connectivity index (χ1) is 16.7. The third-order valence-electron chi connectivity index (χ3n) is 6.29. The molecule has 0 saturated heterocycles. The molecule has 1 aliphatic rings. The minimum Gasteiger partial charge on any atom is -0.496 e. The standard InChI is InChI=1S/C27H29NO7/c1-15-11-17-18(27(2,3)10-9-19(17)29)14-21(15)35-24-8-7-20(34-24)26(30)28-25-22(32-5)12-16(31-4)13-23(25)33-6/h7-8,11-14H,9-10H2,1-6H3,(H,28,30). The van der Waals surface area contributed by atoms with Gasteiger partial charge in [-0.3, -0.25) is 9.59 Å². The predicted molar refractivity (Wildman–Crippen MR) is 131 cm³/mol. The lowest BCUT2D eigenvalue weighted by Crippen LogP contribution is -2.27. The van der Waals surface area contributed by atoms with Crippen molar-refractivity contribution in [2.45, 2.75) is 39.0 Å². The molecule has 8 nitrogen and oxygen atoms in total. The molecule has 1 amide bonds. The summed E-state index contributed by atoms with van der Waals surface area (Å²) < 4.78 is 27.7. The van der Waals surface area contributed by atoms with Crippen molar-refractivity contribution in [3.8, 4) is 28.9 Å². The molecule has 0 bridgehead atoms. The Hall–Kier alpha value is -3.94. The van der Waals surface area contributed by atoms with Crippen LogP contribution in [-0.2, 0) is 5.41 Å². The summed E-state index contributed by atoms with van der Waals surface area (Å²) in [5.74, 6) is 1.70. The third kappa shape index (κ3) is 4.69. The van der Waals surface area contributed by atoms with Gasteiger partial charge in [0.15, 0.2) is 11.5 Å². The number of carbonyl (C=O) groups excluding carboxylic acids is 2. The minimum absolute atomic E-state index is 0.0473. The average molecular weight is 480 g/mol. The van der Waals surface area contributed by atoms with Crippen LogP contribution >= 0.6 is 0 Å². The summed E-state index contributed by atoms with van der Waals surface area (Å²) in [6, 6.07) is 10.1. The van der Waals surface area contributed by atoms with Crippen LogP contribution in [0.5, 0.6) is 28.9 Å². The Labute approximate surface area is 204 Å². The van der Waals surface area contributed by atoms with Gasteiger partial charge in [0.2, 0.25) is 0 Å². The molecule has 1 N–H and O–H groups in total. The van der Waals surface area contributed by atoms with Crippen molar-refractivity contribution >= 4 is 17.4 Å². The zero-order chi connectivity index (χ0) is 25.3. The Morgan fingerprint density at radius 3 is 2.29 bits per heavy atom. The number of hydrogen-bond donors (Lipinski definition) is 1. The van der Waals surface area contributed by atoms with Crippen molar-refractivity contribution in [1.29, 1.82) is 0 Å². The summed E-state index contributed by atoms with van der Waals surface area (Å²) in [6.45, 7) is 6.12. The van der Waals surface area contributed by atoms with Crippen LogP contribution in [0.2, 0.25) is 0 Å². The molecule has 1 heterocycles. The van der Waals surface area contributed by atoms with E-state index in [0.29, 0.717) is 35.1 Å². The van der Waals surface area contributed by atoms with Crippen LogP contribution in [0.1, 0.15) is 58.7 Å². The Kier molecular flexibility index (Phi) is 6.47. The number of aryl methyl sites for hydroxylation is 1. The number of ether oxygens (including phenoxy) is 4. The summed E-state index contributed by atoms with van der Waals surface area (Å²) in [6.07, 6.45) is 1.32. The van der Waals surface area contributed by atoms with E-state index in [1.807, 2.05) is 19.1 Å². The number of furan rings is 1. The van der Waals surface area contributed by atoms with Crippen LogP contribution in [0.15, 0.2) is 40.8 Å². The Morgan fingerprint density at radius 1 is 0.971 bits per heavy atom. The number of nitrogens with one attached hydrogen (secondary N) is 1. The maximum Gasteiger partial charge on any atom is 0.291 e. The van der Waals surface area contributed by atoms with E-state index in [4.69, 9.17) is 23.4 Å². The minimum atomic E-state index is -0.504. The molecule has 1 aliphatic carbocycles. The summed E-state index contributed by atoms with van der Waals surface area (Å²) in [4.78, 5) is 25.3. The van der Waals surface area contributed by atoms with E-state index >= 15 is 0 Å². The molecule has 0 spiro atoms. The molecule has 184 valence electrons. The van der Waals surface area contributed by atoms with Gasteiger partial charge in [0.25, 0.3) is 11.9 Å². The van der Waals surface area contributed by atoms with E-state index in [1.165, 1.54) is 27.4 Å². The summed E-state index contributed by atoms with van der Waals surface area (Å²) in [5.41, 5.74) is 2.72. The van der Waals surface area contributed by atoms with Crippen molar-refractivity contribution in [2.75, 3.05) is 26.6 Å². The lowest BCUT2D eigenvalue weighted by atomic mass is 9.72. The van der Waals surface area contributed by atoms with Gasteiger partial charge in [-0.25, -0.2) is 0 Å². The number of rotatable bonds is 7. The molecule has 1 aromatic heterocycles. The topological polar surface area (TPSA) is 96.2 Å². The largest absolute Gasteiger partial charge is 0.496 e. The van der Waals surface area contributed by atoms with Crippen molar-refractivity contribution in [2.24, 2.45) is 0 Å². The van der Waals surface area contributed by atoms with Crippen LogP contribution in [0.4, 0.5) is 5.69 Å². The van der Waals surface area contributed by atoms with Crippen LogP contribution in [0, 0.1) is 6.92 Å². The maximum absolute atomic E-state index is 12.9. The average Bonchev–Trinajstić information content (AvgIpc) is 3.31. The zero-order valence-electron chi connectivity index (χ0n) is 20.7. The summed E-state index contributed by atoms with van der Waals surface area (Å²) in [7, 11) is 4.50. The molecule has 8 heteroatoms. The third-order valence-corrected chi connectivity index (χ3v) is 6.29. The molecule has 0 fully saturated rings. The number of carbonyl (C=O) groups is 2. The fourth-order valence-electron chi connectivity index (χ4n) is 4.19. The van der Waals surface area contributed by atoms with Gasteiger partial charge in [0.1, 0.15) is 28.7 Å². The number of anilines is 1. The normalized spacial score (nSPS) is 14.2. The van der Waals surface area contributed by atoms with Gasteiger partial charge in [-0.05, 0) is 48.1 Å². The quantitative estimate of drug-likeness (QED) is 0.450. The molecule has 0 saturated carbocycles. The second kappa shape index (κ2) is 9.37. The number of ketones is 1. The summed E-state index contributed by atoms with van der Waals surface area (Å²) >= 11 is 0. The van der Waals surface area contributed by atoms with Crippen LogP contribution in [0.25, 0.3) is 0 Å². The molecule has 0 radical (unpaired) electrons. The molecule has 0 aliphatic heterocycles. The van der Waals surface area contributed by atoms with Crippen molar-refractivity contribution in [3.05, 3.63) is 58.8 Å². The van der Waals surface area contributed by atoms with Gasteiger partial charge >= 0.3 is 0 Å². The highest BCUT2D eigenvalue weighted by Crippen LogP contribution is 2.41. The zero-order valence-corrected chi connectivity index (χ0v) is 20.7. The fraction of sp³-hybridized carbons (Fsp3) is 0.333. The first-order valence-corrected chi connectivity index (χ1v) is 11.2. The van der Waals surface area contributed by atoms with Gasteiger partial charge in [-0.15, -0.1) is 0 Å². The number of fused-ring (bicyclic) bond motifs is 1. The second-order valence-corrected chi connectivity index (χ2v) is 9.05. The highest BCUT2D eigenvalue weighted by atomic mass is 16.6. The molecule has 0 unspecified atom stereocenters. The van der Waals surface area contributed by atoms with Gasteiger partial charge < -0.3 is 28.7 Å². The van der Waals surface area contributed by atoms with Crippen LogP contribution in [0.3, 0.4) is 0 Å². The van der Waals surface area contributed by atoms with E-state index in [2.05, 4.69) is 19.2 Å². The number of benzene rings is 2. The van der Waals surface area contributed by atoms with Gasteiger partial charge in [0, 0.05) is 30.2 Å². The molecular formula is C27H29NO7. The fourth-order valence-corrected chi connectivity index (χ4v) is 4.19. The van der Waals surface area contributed by atoms with E-state index in [9.17, 15) is 9.59 Å². The highest BCUT2D eigenvalue weighted by Gasteiger charge is 2.32. The Balaban J connectivity index is 1.57. The van der Waals surface area contributed by atoms with E-state index in [-0.39, 0.29) is 22.9 Å². The van der Waals surface area contributed by atoms with Crippen molar-refractivity contribution in [3.63, 3.8) is 0 Å². The van der Waals surface area contributed by atoms with Gasteiger partial charge in [-0.2, -0.15) is 0 Å². The van der Waals surface area contributed by atoms with Crippen molar-refractivity contribution in [1.82, 2.24) is 0 Å². The number of amides is 1.